The van der Waals surface area contributed by atoms with Crippen LogP contribution in [0.4, 0.5) is 0 Å². The van der Waals surface area contributed by atoms with Crippen LogP contribution in [-0.2, 0) is 14.8 Å². The number of nitrogens with two attached hydrogens (primary N) is 1. The standard InChI is InChI=1S/C16H23N3O4S.ClH/c17-14-2-1-7-19(12-14)24(21,22)15-5-3-13(4-6-15)16(20)18-8-10-23-11-9-18;/h3-6,14H,1-2,7-12,17H2;1H. The van der Waals surface area contributed by atoms with Gasteiger partial charge in [0, 0.05) is 37.8 Å². The smallest absolute Gasteiger partial charge is 0.254 e. The van der Waals surface area contributed by atoms with Crippen LogP contribution < -0.4 is 5.73 Å². The summed E-state index contributed by atoms with van der Waals surface area (Å²) in [6, 6.07) is 6.05. The number of benzene rings is 1. The van der Waals surface area contributed by atoms with Gasteiger partial charge in [0.05, 0.1) is 18.1 Å². The molecule has 1 aromatic carbocycles. The second-order valence-corrected chi connectivity index (χ2v) is 8.13. The molecule has 25 heavy (non-hydrogen) atoms. The summed E-state index contributed by atoms with van der Waals surface area (Å²) in [6.45, 7) is 3.03. The van der Waals surface area contributed by atoms with Crippen LogP contribution in [0.2, 0.25) is 0 Å². The minimum Gasteiger partial charge on any atom is -0.378 e. The first-order chi connectivity index (χ1) is 11.5. The Morgan fingerprint density at radius 1 is 1.12 bits per heavy atom. The van der Waals surface area contributed by atoms with E-state index in [4.69, 9.17) is 10.5 Å². The molecule has 2 aliphatic rings. The zero-order valence-corrected chi connectivity index (χ0v) is 15.6. The predicted molar refractivity (Wildman–Crippen MR) is 96.4 cm³/mol. The highest BCUT2D eigenvalue weighted by Gasteiger charge is 2.29. The number of hydrogen-bond donors (Lipinski definition) is 1. The molecule has 1 amide bonds. The van der Waals surface area contributed by atoms with Gasteiger partial charge in [-0.3, -0.25) is 4.79 Å². The second-order valence-electron chi connectivity index (χ2n) is 6.19. The zero-order chi connectivity index (χ0) is 17.2. The van der Waals surface area contributed by atoms with Crippen LogP contribution in [0.3, 0.4) is 0 Å². The summed E-state index contributed by atoms with van der Waals surface area (Å²) in [4.78, 5) is 14.3. The van der Waals surface area contributed by atoms with Crippen molar-refractivity contribution in [2.75, 3.05) is 39.4 Å². The van der Waals surface area contributed by atoms with E-state index in [1.165, 1.54) is 16.4 Å². The van der Waals surface area contributed by atoms with Gasteiger partial charge in [-0.15, -0.1) is 12.4 Å². The number of nitrogens with zero attached hydrogens (tertiary/aromatic N) is 2. The number of sulfonamides is 1. The molecule has 7 nitrogen and oxygen atoms in total. The Balaban J connectivity index is 0.00000225. The average Bonchev–Trinajstić information content (AvgIpc) is 2.62. The van der Waals surface area contributed by atoms with Gasteiger partial charge in [-0.25, -0.2) is 8.42 Å². The van der Waals surface area contributed by atoms with Crippen molar-refractivity contribution in [3.63, 3.8) is 0 Å². The van der Waals surface area contributed by atoms with E-state index < -0.39 is 10.0 Å². The fourth-order valence-electron chi connectivity index (χ4n) is 3.06. The molecule has 9 heteroatoms. The predicted octanol–water partition coefficient (Wildman–Crippen LogP) is 0.693. The van der Waals surface area contributed by atoms with Gasteiger partial charge >= 0.3 is 0 Å². The maximum Gasteiger partial charge on any atom is 0.254 e. The lowest BCUT2D eigenvalue weighted by Crippen LogP contribution is -2.45. The Hall–Kier alpha value is -1.19. The van der Waals surface area contributed by atoms with Crippen molar-refractivity contribution in [1.82, 2.24) is 9.21 Å². The van der Waals surface area contributed by atoms with E-state index in [-0.39, 0.29) is 29.3 Å². The zero-order valence-electron chi connectivity index (χ0n) is 14.0. The molecule has 0 bridgehead atoms. The first-order valence-corrected chi connectivity index (χ1v) is 9.65. The SMILES string of the molecule is Cl.NC1CCCN(S(=O)(=O)c2ccc(C(=O)N3CCOCC3)cc2)C1. The van der Waals surface area contributed by atoms with Gasteiger partial charge in [-0.05, 0) is 37.1 Å². The van der Waals surface area contributed by atoms with Crippen LogP contribution in [0.25, 0.3) is 0 Å². The van der Waals surface area contributed by atoms with E-state index in [9.17, 15) is 13.2 Å². The number of piperidine rings is 1. The Kier molecular flexibility index (Phi) is 6.81. The molecule has 1 atom stereocenters. The van der Waals surface area contributed by atoms with Crippen molar-refractivity contribution < 1.29 is 17.9 Å². The summed E-state index contributed by atoms with van der Waals surface area (Å²) < 4.78 is 32.0. The lowest BCUT2D eigenvalue weighted by Gasteiger charge is -2.30. The topological polar surface area (TPSA) is 92.9 Å². The second kappa shape index (κ2) is 8.46. The van der Waals surface area contributed by atoms with Crippen molar-refractivity contribution in [1.29, 1.82) is 0 Å². The number of hydrogen-bond acceptors (Lipinski definition) is 5. The van der Waals surface area contributed by atoms with Crippen molar-refractivity contribution in [3.8, 4) is 0 Å². The van der Waals surface area contributed by atoms with Crippen LogP contribution in [0.5, 0.6) is 0 Å². The van der Waals surface area contributed by atoms with E-state index in [0.717, 1.165) is 12.8 Å². The highest BCUT2D eigenvalue weighted by molar-refractivity contribution is 7.89. The van der Waals surface area contributed by atoms with E-state index in [0.29, 0.717) is 45.0 Å². The van der Waals surface area contributed by atoms with Crippen LogP contribution in [0.15, 0.2) is 29.2 Å². The van der Waals surface area contributed by atoms with Crippen LogP contribution in [-0.4, -0.2) is 69.0 Å². The Bertz CT molecular complexity index is 690. The Morgan fingerprint density at radius 3 is 2.36 bits per heavy atom. The minimum absolute atomic E-state index is 0. The molecule has 0 spiro atoms. The molecule has 2 fully saturated rings. The molecule has 0 saturated carbocycles. The molecule has 1 unspecified atom stereocenters. The summed E-state index contributed by atoms with van der Waals surface area (Å²) in [5.74, 6) is -0.0951. The van der Waals surface area contributed by atoms with Crippen molar-refractivity contribution in [2.45, 2.75) is 23.8 Å². The maximum atomic E-state index is 12.7. The van der Waals surface area contributed by atoms with Gasteiger partial charge in [0.1, 0.15) is 0 Å². The molecular weight excluding hydrogens is 366 g/mol. The summed E-state index contributed by atoms with van der Waals surface area (Å²) in [7, 11) is -3.55. The van der Waals surface area contributed by atoms with E-state index in [2.05, 4.69) is 0 Å². The quantitative estimate of drug-likeness (QED) is 0.821. The molecule has 0 aromatic heterocycles. The first kappa shape index (κ1) is 20.1. The normalized spacial score (nSPS) is 22.3. The molecule has 2 heterocycles. The van der Waals surface area contributed by atoms with Gasteiger partial charge in [-0.2, -0.15) is 4.31 Å². The maximum absolute atomic E-state index is 12.7. The van der Waals surface area contributed by atoms with Crippen molar-refractivity contribution >= 4 is 28.3 Å². The van der Waals surface area contributed by atoms with Gasteiger partial charge in [0.25, 0.3) is 5.91 Å². The monoisotopic (exact) mass is 389 g/mol. The van der Waals surface area contributed by atoms with Crippen LogP contribution >= 0.6 is 12.4 Å². The number of rotatable bonds is 3. The first-order valence-electron chi connectivity index (χ1n) is 8.21. The van der Waals surface area contributed by atoms with Gasteiger partial charge < -0.3 is 15.4 Å². The third kappa shape index (κ3) is 4.51. The van der Waals surface area contributed by atoms with Crippen molar-refractivity contribution in [3.05, 3.63) is 29.8 Å². The van der Waals surface area contributed by atoms with Crippen LogP contribution in [0.1, 0.15) is 23.2 Å². The molecule has 2 N–H and O–H groups in total. The summed E-state index contributed by atoms with van der Waals surface area (Å²) in [6.07, 6.45) is 1.62. The number of morpholine rings is 1. The van der Waals surface area contributed by atoms with Crippen molar-refractivity contribution in [2.24, 2.45) is 5.73 Å². The number of ether oxygens (including phenoxy) is 1. The Labute approximate surface area is 154 Å². The van der Waals surface area contributed by atoms with Gasteiger partial charge in [0.2, 0.25) is 10.0 Å². The van der Waals surface area contributed by atoms with E-state index >= 15 is 0 Å². The number of carbonyl (C=O) groups is 1. The van der Waals surface area contributed by atoms with E-state index in [1.54, 1.807) is 17.0 Å². The number of amides is 1. The average molecular weight is 390 g/mol. The molecule has 0 aliphatic carbocycles. The molecule has 140 valence electrons. The third-order valence-electron chi connectivity index (χ3n) is 4.46. The molecule has 3 rings (SSSR count). The lowest BCUT2D eigenvalue weighted by molar-refractivity contribution is 0.0303. The molecule has 1 aromatic rings. The molecule has 2 aliphatic heterocycles. The van der Waals surface area contributed by atoms with Gasteiger partial charge in [-0.1, -0.05) is 0 Å². The Morgan fingerprint density at radius 2 is 1.76 bits per heavy atom. The largest absolute Gasteiger partial charge is 0.378 e. The summed E-state index contributed by atoms with van der Waals surface area (Å²) in [5, 5.41) is 0. The minimum atomic E-state index is -3.55. The third-order valence-corrected chi connectivity index (χ3v) is 6.34. The summed E-state index contributed by atoms with van der Waals surface area (Å²) >= 11 is 0. The fourth-order valence-corrected chi connectivity index (χ4v) is 4.60. The number of carbonyl (C=O) groups excluding carboxylic acids is 1. The highest BCUT2D eigenvalue weighted by atomic mass is 35.5. The highest BCUT2D eigenvalue weighted by Crippen LogP contribution is 2.21. The van der Waals surface area contributed by atoms with Crippen LogP contribution in [0, 0.1) is 0 Å². The fraction of sp³-hybridized carbons (Fsp3) is 0.562. The number of halogens is 1. The summed E-state index contributed by atoms with van der Waals surface area (Å²) in [5.41, 5.74) is 6.37. The molecular formula is C16H24ClN3O4S. The molecule has 2 saturated heterocycles. The van der Waals surface area contributed by atoms with Gasteiger partial charge in [0.15, 0.2) is 0 Å². The van der Waals surface area contributed by atoms with E-state index in [1.807, 2.05) is 0 Å². The lowest BCUT2D eigenvalue weighted by atomic mass is 10.1. The molecule has 0 radical (unpaired) electrons.